The topological polar surface area (TPSA) is 58.2 Å². The monoisotopic (exact) mass is 256 g/mol. The van der Waals surface area contributed by atoms with Crippen molar-refractivity contribution in [3.63, 3.8) is 0 Å². The van der Waals surface area contributed by atoms with Crippen molar-refractivity contribution in [2.75, 3.05) is 7.11 Å². The summed E-state index contributed by atoms with van der Waals surface area (Å²) in [7, 11) is 1.04. The molecule has 0 amide bonds. The number of carbonyl (C=O) groups excluding carboxylic acids is 1. The Morgan fingerprint density at radius 1 is 1.22 bits per heavy atom. The van der Waals surface area contributed by atoms with Crippen molar-refractivity contribution < 1.29 is 19.2 Å². The molecular weight excluding hydrogens is 232 g/mol. The second kappa shape index (κ2) is 5.89. The minimum Gasteiger partial charge on any atom is -0.553 e. The van der Waals surface area contributed by atoms with E-state index < -0.39 is 6.16 Å². The van der Waals surface area contributed by atoms with Gasteiger partial charge in [0.1, 0.15) is 23.5 Å². The average molecular weight is 256 g/mol. The minimum absolute atomic E-state index is 0.177. The lowest BCUT2D eigenvalue weighted by Gasteiger charge is -2.16. The van der Waals surface area contributed by atoms with Gasteiger partial charge in [-0.15, -0.1) is 0 Å². The van der Waals surface area contributed by atoms with Crippen molar-refractivity contribution in [2.45, 2.75) is 52.6 Å². The van der Waals surface area contributed by atoms with Gasteiger partial charge in [-0.3, -0.25) is 0 Å². The normalized spacial score (nSPS) is 11.5. The molecule has 0 atom stereocenters. The third-order valence-corrected chi connectivity index (χ3v) is 2.35. The molecular formula is C13H24N2O3. The molecule has 0 N–H and O–H groups in total. The molecule has 0 aliphatic rings. The Balaban J connectivity index is 0.000000494. The Hall–Kier alpha value is -1.52. The Kier molecular flexibility index (Phi) is 5.39. The fourth-order valence-corrected chi connectivity index (χ4v) is 1.15. The summed E-state index contributed by atoms with van der Waals surface area (Å²) in [5.74, 6) is 0. The lowest BCUT2D eigenvalue weighted by Crippen LogP contribution is -2.48. The first-order valence-corrected chi connectivity index (χ1v) is 5.83. The van der Waals surface area contributed by atoms with Crippen molar-refractivity contribution in [3.05, 3.63) is 18.7 Å². The first-order valence-electron chi connectivity index (χ1n) is 5.83. The zero-order valence-electron chi connectivity index (χ0n) is 12.4. The number of carbonyl (C=O) groups is 1. The van der Waals surface area contributed by atoms with Gasteiger partial charge in [0.2, 0.25) is 6.33 Å². The number of hydrogen-bond acceptors (Lipinski definition) is 3. The molecule has 0 aliphatic carbocycles. The zero-order chi connectivity index (χ0) is 14.6. The van der Waals surface area contributed by atoms with E-state index in [1.165, 1.54) is 0 Å². The molecule has 0 fully saturated rings. The van der Waals surface area contributed by atoms with Gasteiger partial charge in [0.05, 0.1) is 0 Å². The van der Waals surface area contributed by atoms with Gasteiger partial charge in [0.15, 0.2) is 0 Å². The molecule has 0 unspecified atom stereocenters. The molecule has 0 saturated heterocycles. The van der Waals surface area contributed by atoms with E-state index in [0.29, 0.717) is 0 Å². The number of rotatable bonds is 0. The molecule has 1 rings (SSSR count). The predicted molar refractivity (Wildman–Crippen MR) is 67.0 cm³/mol. The maximum Gasteiger partial charge on any atom is 0.251 e. The van der Waals surface area contributed by atoms with Crippen molar-refractivity contribution >= 4 is 6.16 Å². The highest BCUT2D eigenvalue weighted by atomic mass is 16.6. The number of imidazole rings is 1. The number of aromatic nitrogens is 2. The van der Waals surface area contributed by atoms with Crippen molar-refractivity contribution in [3.8, 4) is 0 Å². The third kappa shape index (κ3) is 5.70. The van der Waals surface area contributed by atoms with E-state index in [-0.39, 0.29) is 11.1 Å². The van der Waals surface area contributed by atoms with Gasteiger partial charge in [-0.25, -0.2) is 9.13 Å². The second-order valence-corrected chi connectivity index (χ2v) is 6.02. The summed E-state index contributed by atoms with van der Waals surface area (Å²) in [5.41, 5.74) is 0.354. The van der Waals surface area contributed by atoms with E-state index in [2.05, 4.69) is 74.1 Å². The molecule has 1 aromatic heterocycles. The maximum absolute atomic E-state index is 9.03. The Morgan fingerprint density at radius 2 is 1.67 bits per heavy atom. The fourth-order valence-electron chi connectivity index (χ4n) is 1.15. The second-order valence-electron chi connectivity index (χ2n) is 6.02. The van der Waals surface area contributed by atoms with E-state index in [1.807, 2.05) is 0 Å². The number of methoxy groups -OCH3 is 1. The average Bonchev–Trinajstić information content (AvgIpc) is 2.65. The van der Waals surface area contributed by atoms with Gasteiger partial charge in [-0.1, -0.05) is 0 Å². The summed E-state index contributed by atoms with van der Waals surface area (Å²) in [4.78, 5) is 9.03. The minimum atomic E-state index is -1.50. The molecule has 1 heterocycles. The number of carboxylic acid groups (broad SMARTS) is 1. The van der Waals surface area contributed by atoms with E-state index >= 15 is 0 Å². The fraction of sp³-hybridized carbons (Fsp3) is 0.692. The van der Waals surface area contributed by atoms with E-state index in [1.54, 1.807) is 0 Å². The standard InChI is InChI=1S/C11H21N2.C2H4O3/c1-10(2,3)12-7-8-13(9-12)11(4,5)6;1-5-2(3)4/h7-9H,1-6H3;1H3,(H,3,4)/q+1;/p-1. The van der Waals surface area contributed by atoms with Crippen LogP contribution in [0.1, 0.15) is 41.5 Å². The lowest BCUT2D eigenvalue weighted by molar-refractivity contribution is -0.753. The summed E-state index contributed by atoms with van der Waals surface area (Å²) >= 11 is 0. The van der Waals surface area contributed by atoms with Crippen molar-refractivity contribution in [2.24, 2.45) is 0 Å². The molecule has 18 heavy (non-hydrogen) atoms. The highest BCUT2D eigenvalue weighted by molar-refractivity contribution is 5.53. The SMILES string of the molecule is CC(C)(C)n1cc[n+](C(C)(C)C)c1.COC(=O)[O-]. The number of ether oxygens (including phenoxy) is 1. The van der Waals surface area contributed by atoms with Gasteiger partial charge < -0.3 is 14.6 Å². The van der Waals surface area contributed by atoms with Crippen LogP contribution in [0.5, 0.6) is 0 Å². The summed E-state index contributed by atoms with van der Waals surface area (Å²) in [6.07, 6.45) is 4.93. The maximum atomic E-state index is 9.03. The van der Waals surface area contributed by atoms with Crippen LogP contribution in [0.4, 0.5) is 4.79 Å². The van der Waals surface area contributed by atoms with Crippen molar-refractivity contribution in [1.29, 1.82) is 0 Å². The molecule has 0 aliphatic heterocycles. The molecule has 0 aromatic carbocycles. The number of nitrogens with zero attached hydrogens (tertiary/aromatic N) is 2. The van der Waals surface area contributed by atoms with Crippen LogP contribution in [0, 0.1) is 0 Å². The van der Waals surface area contributed by atoms with Gasteiger partial charge in [0.25, 0.3) is 6.16 Å². The van der Waals surface area contributed by atoms with Crippen LogP contribution >= 0.6 is 0 Å². The summed E-state index contributed by atoms with van der Waals surface area (Å²) in [6.45, 7) is 13.3. The first-order chi connectivity index (χ1) is 7.98. The van der Waals surface area contributed by atoms with Crippen LogP contribution in [-0.4, -0.2) is 17.8 Å². The largest absolute Gasteiger partial charge is 0.553 e. The Bertz CT molecular complexity index is 355. The molecule has 0 saturated carbocycles. The molecule has 0 radical (unpaired) electrons. The summed E-state index contributed by atoms with van der Waals surface area (Å²) < 4.78 is 8.02. The molecule has 0 spiro atoms. The van der Waals surface area contributed by atoms with E-state index in [4.69, 9.17) is 9.90 Å². The van der Waals surface area contributed by atoms with Crippen LogP contribution < -0.4 is 9.67 Å². The van der Waals surface area contributed by atoms with Gasteiger partial charge in [-0.05, 0) is 41.5 Å². The lowest BCUT2D eigenvalue weighted by atomic mass is 10.1. The van der Waals surface area contributed by atoms with Gasteiger partial charge in [0, 0.05) is 7.11 Å². The molecule has 5 nitrogen and oxygen atoms in total. The highest BCUT2D eigenvalue weighted by Crippen LogP contribution is 2.13. The Labute approximate surface area is 109 Å². The zero-order valence-corrected chi connectivity index (χ0v) is 12.4. The first kappa shape index (κ1) is 16.5. The molecule has 5 heteroatoms. The van der Waals surface area contributed by atoms with Crippen LogP contribution in [0.25, 0.3) is 0 Å². The highest BCUT2D eigenvalue weighted by Gasteiger charge is 2.24. The summed E-state index contributed by atoms with van der Waals surface area (Å²) in [5, 5.41) is 9.03. The van der Waals surface area contributed by atoms with Crippen LogP contribution in [0.2, 0.25) is 0 Å². The van der Waals surface area contributed by atoms with Crippen LogP contribution in [-0.2, 0) is 15.8 Å². The van der Waals surface area contributed by atoms with Crippen molar-refractivity contribution in [1.82, 2.24) is 4.57 Å². The molecule has 1 aromatic rings. The molecule has 104 valence electrons. The van der Waals surface area contributed by atoms with Gasteiger partial charge >= 0.3 is 0 Å². The van der Waals surface area contributed by atoms with Gasteiger partial charge in [-0.2, -0.15) is 0 Å². The number of hydrogen-bond donors (Lipinski definition) is 0. The quantitative estimate of drug-likeness (QED) is 0.518. The van der Waals surface area contributed by atoms with Crippen LogP contribution in [0.15, 0.2) is 18.7 Å². The Morgan fingerprint density at radius 3 is 1.83 bits per heavy atom. The van der Waals surface area contributed by atoms with Crippen LogP contribution in [0.3, 0.4) is 0 Å². The van der Waals surface area contributed by atoms with E-state index in [9.17, 15) is 0 Å². The summed E-state index contributed by atoms with van der Waals surface area (Å²) in [6, 6.07) is 0. The third-order valence-electron chi connectivity index (χ3n) is 2.35. The smallest absolute Gasteiger partial charge is 0.251 e. The predicted octanol–water partition coefficient (Wildman–Crippen LogP) is 1.26. The van der Waals surface area contributed by atoms with E-state index in [0.717, 1.165) is 7.11 Å². The molecule has 0 bridgehead atoms.